The van der Waals surface area contributed by atoms with Crippen molar-refractivity contribution in [1.82, 2.24) is 14.9 Å². The van der Waals surface area contributed by atoms with Crippen molar-refractivity contribution < 1.29 is 9.59 Å². The number of likely N-dealkylation sites (tertiary alicyclic amines) is 1. The molecule has 0 bridgehead atoms. The van der Waals surface area contributed by atoms with Crippen LogP contribution in [0.2, 0.25) is 0 Å². The number of thiophene rings is 1. The molecule has 2 N–H and O–H groups in total. The summed E-state index contributed by atoms with van der Waals surface area (Å²) in [5.41, 5.74) is 3.25. The lowest BCUT2D eigenvalue weighted by molar-refractivity contribution is 0.0711. The zero-order valence-corrected chi connectivity index (χ0v) is 17.7. The van der Waals surface area contributed by atoms with Gasteiger partial charge in [-0.05, 0) is 54.6 Å². The summed E-state index contributed by atoms with van der Waals surface area (Å²) in [6.07, 6.45) is 1.75. The quantitative estimate of drug-likeness (QED) is 0.484. The van der Waals surface area contributed by atoms with Gasteiger partial charge < -0.3 is 15.2 Å². The van der Waals surface area contributed by atoms with Gasteiger partial charge in [-0.1, -0.05) is 24.3 Å². The molecule has 2 aromatic carbocycles. The van der Waals surface area contributed by atoms with Crippen LogP contribution in [-0.2, 0) is 0 Å². The number of rotatable bonds is 4. The van der Waals surface area contributed by atoms with Gasteiger partial charge in [-0.3, -0.25) is 9.59 Å². The Labute approximate surface area is 183 Å². The molecule has 1 aliphatic heterocycles. The fourth-order valence-electron chi connectivity index (χ4n) is 4.03. The predicted molar refractivity (Wildman–Crippen MR) is 123 cm³/mol. The van der Waals surface area contributed by atoms with Crippen molar-refractivity contribution in [3.05, 3.63) is 82.3 Å². The molecule has 1 saturated heterocycles. The second-order valence-corrected chi connectivity index (χ2v) is 8.67. The van der Waals surface area contributed by atoms with E-state index in [1.807, 2.05) is 40.6 Å². The molecule has 0 saturated carbocycles. The lowest BCUT2D eigenvalue weighted by Crippen LogP contribution is -2.38. The normalized spacial score (nSPS) is 14.6. The average molecular weight is 431 g/mol. The minimum Gasteiger partial charge on any atom is -0.342 e. The maximum absolute atomic E-state index is 13.0. The molecule has 7 heteroatoms. The molecule has 5 rings (SSSR count). The molecule has 4 aromatic rings. The third kappa shape index (κ3) is 4.09. The number of anilines is 1. The number of aromatic amines is 1. The summed E-state index contributed by atoms with van der Waals surface area (Å²) < 4.78 is 0. The summed E-state index contributed by atoms with van der Waals surface area (Å²) >= 11 is 1.39. The van der Waals surface area contributed by atoms with Gasteiger partial charge in [0.1, 0.15) is 5.82 Å². The summed E-state index contributed by atoms with van der Waals surface area (Å²) in [7, 11) is 0. The zero-order chi connectivity index (χ0) is 21.2. The molecule has 156 valence electrons. The van der Waals surface area contributed by atoms with E-state index in [1.54, 1.807) is 30.3 Å². The van der Waals surface area contributed by atoms with Gasteiger partial charge >= 0.3 is 0 Å². The van der Waals surface area contributed by atoms with Crippen LogP contribution < -0.4 is 5.32 Å². The third-order valence-electron chi connectivity index (χ3n) is 5.69. The molecule has 3 heterocycles. The van der Waals surface area contributed by atoms with E-state index >= 15 is 0 Å². The minimum atomic E-state index is -0.161. The zero-order valence-electron chi connectivity index (χ0n) is 16.9. The number of H-pyrrole nitrogens is 1. The number of imidazole rings is 1. The molecule has 0 spiro atoms. The standard InChI is InChI=1S/C24H22N4O2S/c29-23(21-9-4-14-31-21)25-18-6-3-5-17(15-18)24(30)28-12-10-16(11-13-28)22-26-19-7-1-2-8-20(19)27-22/h1-9,14-16H,10-13H2,(H,25,29)(H,26,27). The van der Waals surface area contributed by atoms with Crippen molar-refractivity contribution in [3.63, 3.8) is 0 Å². The summed E-state index contributed by atoms with van der Waals surface area (Å²) in [6.45, 7) is 1.37. The SMILES string of the molecule is O=C(Nc1cccc(C(=O)N2CCC(c3nc4ccccc4[nH]3)CC2)c1)c1cccs1. The molecule has 6 nitrogen and oxygen atoms in total. The van der Waals surface area contributed by atoms with Gasteiger partial charge in [-0.15, -0.1) is 11.3 Å². The van der Waals surface area contributed by atoms with Crippen LogP contribution in [0.4, 0.5) is 5.69 Å². The van der Waals surface area contributed by atoms with Gasteiger partial charge in [-0.2, -0.15) is 0 Å². The first-order chi connectivity index (χ1) is 15.2. The highest BCUT2D eigenvalue weighted by Crippen LogP contribution is 2.28. The Hall–Kier alpha value is -3.45. The molecule has 2 amide bonds. The van der Waals surface area contributed by atoms with Crippen LogP contribution in [0.3, 0.4) is 0 Å². The highest BCUT2D eigenvalue weighted by atomic mass is 32.1. The van der Waals surface area contributed by atoms with E-state index in [9.17, 15) is 9.59 Å². The van der Waals surface area contributed by atoms with Crippen molar-refractivity contribution in [3.8, 4) is 0 Å². The largest absolute Gasteiger partial charge is 0.342 e. The van der Waals surface area contributed by atoms with E-state index in [1.165, 1.54) is 11.3 Å². The van der Waals surface area contributed by atoms with Crippen LogP contribution >= 0.6 is 11.3 Å². The Kier molecular flexibility index (Phi) is 5.26. The molecular formula is C24H22N4O2S. The second kappa shape index (κ2) is 8.35. The molecule has 0 atom stereocenters. The van der Waals surface area contributed by atoms with Gasteiger partial charge in [0.05, 0.1) is 15.9 Å². The molecule has 0 aliphatic carbocycles. The Bertz CT molecular complexity index is 1190. The van der Waals surface area contributed by atoms with Crippen molar-refractivity contribution in [2.24, 2.45) is 0 Å². The van der Waals surface area contributed by atoms with Crippen molar-refractivity contribution in [2.45, 2.75) is 18.8 Å². The van der Waals surface area contributed by atoms with Crippen LogP contribution in [0, 0.1) is 0 Å². The summed E-state index contributed by atoms with van der Waals surface area (Å²) in [5, 5.41) is 4.74. The summed E-state index contributed by atoms with van der Waals surface area (Å²) in [4.78, 5) is 36.0. The number of carbonyl (C=O) groups excluding carboxylic acids is 2. The maximum Gasteiger partial charge on any atom is 0.265 e. The topological polar surface area (TPSA) is 78.1 Å². The van der Waals surface area contributed by atoms with E-state index in [0.29, 0.717) is 35.1 Å². The lowest BCUT2D eigenvalue weighted by atomic mass is 9.95. The second-order valence-electron chi connectivity index (χ2n) is 7.72. The van der Waals surface area contributed by atoms with Crippen LogP contribution in [0.15, 0.2) is 66.0 Å². The molecule has 1 aliphatic rings. The first kappa shape index (κ1) is 19.5. The monoisotopic (exact) mass is 430 g/mol. The van der Waals surface area contributed by atoms with Crippen molar-refractivity contribution in [2.75, 3.05) is 18.4 Å². The van der Waals surface area contributed by atoms with E-state index < -0.39 is 0 Å². The molecule has 1 fully saturated rings. The van der Waals surface area contributed by atoms with Gasteiger partial charge in [0.25, 0.3) is 11.8 Å². The fraction of sp³-hybridized carbons (Fsp3) is 0.208. The number of fused-ring (bicyclic) bond motifs is 1. The third-order valence-corrected chi connectivity index (χ3v) is 6.56. The van der Waals surface area contributed by atoms with Crippen molar-refractivity contribution >= 4 is 39.9 Å². The fourth-order valence-corrected chi connectivity index (χ4v) is 4.65. The Morgan fingerprint density at radius 3 is 2.65 bits per heavy atom. The van der Waals surface area contributed by atoms with E-state index in [2.05, 4.69) is 10.3 Å². The number of para-hydroxylation sites is 2. The smallest absolute Gasteiger partial charge is 0.265 e. The number of hydrogen-bond donors (Lipinski definition) is 2. The number of hydrogen-bond acceptors (Lipinski definition) is 4. The molecular weight excluding hydrogens is 408 g/mol. The summed E-state index contributed by atoms with van der Waals surface area (Å²) in [6, 6.07) is 18.8. The molecule has 0 radical (unpaired) electrons. The number of amides is 2. The van der Waals surface area contributed by atoms with Gasteiger partial charge in [0, 0.05) is 30.3 Å². The maximum atomic E-state index is 13.0. The first-order valence-corrected chi connectivity index (χ1v) is 11.2. The van der Waals surface area contributed by atoms with Gasteiger partial charge in [-0.25, -0.2) is 4.98 Å². The van der Waals surface area contributed by atoms with Crippen molar-refractivity contribution in [1.29, 1.82) is 0 Å². The molecule has 31 heavy (non-hydrogen) atoms. The minimum absolute atomic E-state index is 0.00437. The highest BCUT2D eigenvalue weighted by molar-refractivity contribution is 7.12. The van der Waals surface area contributed by atoms with Gasteiger partial charge in [0.2, 0.25) is 0 Å². The first-order valence-electron chi connectivity index (χ1n) is 10.4. The van der Waals surface area contributed by atoms with Crippen LogP contribution in [0.1, 0.15) is 44.6 Å². The van der Waals surface area contributed by atoms with E-state index in [-0.39, 0.29) is 11.8 Å². The number of piperidine rings is 1. The Morgan fingerprint density at radius 1 is 1.03 bits per heavy atom. The lowest BCUT2D eigenvalue weighted by Gasteiger charge is -2.31. The van der Waals surface area contributed by atoms with E-state index in [4.69, 9.17) is 4.98 Å². The molecule has 2 aromatic heterocycles. The van der Waals surface area contributed by atoms with Crippen LogP contribution in [0.5, 0.6) is 0 Å². The van der Waals surface area contributed by atoms with Gasteiger partial charge in [0.15, 0.2) is 0 Å². The van der Waals surface area contributed by atoms with Crippen LogP contribution in [0.25, 0.3) is 11.0 Å². The highest BCUT2D eigenvalue weighted by Gasteiger charge is 2.26. The summed E-state index contributed by atoms with van der Waals surface area (Å²) in [5.74, 6) is 1.17. The van der Waals surface area contributed by atoms with E-state index in [0.717, 1.165) is 29.7 Å². The number of nitrogens with one attached hydrogen (secondary N) is 2. The number of nitrogens with zero attached hydrogens (tertiary/aromatic N) is 2. The number of aromatic nitrogens is 2. The average Bonchev–Trinajstić information content (AvgIpc) is 3.49. The van der Waals surface area contributed by atoms with Crippen LogP contribution in [-0.4, -0.2) is 39.8 Å². The Morgan fingerprint density at radius 2 is 1.87 bits per heavy atom. The molecule has 0 unspecified atom stereocenters. The Balaban J connectivity index is 1.23. The predicted octanol–water partition coefficient (Wildman–Crippen LogP) is 4.90. The number of benzene rings is 2. The number of carbonyl (C=O) groups is 2.